The van der Waals surface area contributed by atoms with Crippen molar-refractivity contribution < 1.29 is 4.42 Å². The summed E-state index contributed by atoms with van der Waals surface area (Å²) < 4.78 is 9.05. The maximum Gasteiger partial charge on any atom is 0.164 e. The first-order valence-corrected chi connectivity index (χ1v) is 21.4. The Balaban J connectivity index is 1.02. The van der Waals surface area contributed by atoms with Crippen LogP contribution in [0, 0.1) is 0 Å². The van der Waals surface area contributed by atoms with E-state index in [4.69, 9.17) is 19.4 Å². The lowest BCUT2D eigenvalue weighted by Crippen LogP contribution is -2.25. The molecule has 5 heteroatoms. The number of nitrogens with zero attached hydrogens (tertiary/aromatic N) is 4. The smallest absolute Gasteiger partial charge is 0.164 e. The SMILES string of the molecule is c1ccc(-c2nc(-c3ccccc3)nc(-c3cccc4oc5ccc(-n6c7ccccc7c7c8c(ccc76)C6(c7ccccc7-c7ccccc76)c6ccccc6-8)cc5c34)n2)cc1. The quantitative estimate of drug-likeness (QED) is 0.178. The van der Waals surface area contributed by atoms with Crippen LogP contribution in [0.25, 0.3) is 106 Å². The Morgan fingerprint density at radius 3 is 1.63 bits per heavy atom. The van der Waals surface area contributed by atoms with Gasteiger partial charge in [0.2, 0.25) is 0 Å². The normalized spacial score (nSPS) is 13.2. The van der Waals surface area contributed by atoms with Gasteiger partial charge in [-0.1, -0.05) is 170 Å². The van der Waals surface area contributed by atoms with Crippen LogP contribution in [0.15, 0.2) is 211 Å². The van der Waals surface area contributed by atoms with Gasteiger partial charge in [0.1, 0.15) is 11.2 Å². The molecule has 0 N–H and O–H groups in total. The molecule has 292 valence electrons. The van der Waals surface area contributed by atoms with E-state index in [0.29, 0.717) is 17.5 Å². The van der Waals surface area contributed by atoms with E-state index in [0.717, 1.165) is 55.3 Å². The summed E-state index contributed by atoms with van der Waals surface area (Å²) in [5.41, 5.74) is 17.8. The largest absolute Gasteiger partial charge is 0.456 e. The zero-order chi connectivity index (χ0) is 41.2. The highest BCUT2D eigenvalue weighted by Crippen LogP contribution is 2.64. The number of furan rings is 1. The zero-order valence-corrected chi connectivity index (χ0v) is 33.8. The van der Waals surface area contributed by atoms with Crippen molar-refractivity contribution in [2.45, 2.75) is 5.41 Å². The summed E-state index contributed by atoms with van der Waals surface area (Å²) in [4.78, 5) is 15.2. The Morgan fingerprint density at radius 1 is 0.365 bits per heavy atom. The summed E-state index contributed by atoms with van der Waals surface area (Å²) in [5, 5.41) is 4.45. The number of hydrogen-bond donors (Lipinski definition) is 0. The molecule has 9 aromatic carbocycles. The van der Waals surface area contributed by atoms with E-state index in [2.05, 4.69) is 138 Å². The fourth-order valence-corrected chi connectivity index (χ4v) is 11.0. The monoisotopic (exact) mass is 802 g/mol. The molecule has 0 aliphatic heterocycles. The maximum absolute atomic E-state index is 6.62. The van der Waals surface area contributed by atoms with Gasteiger partial charge in [0.25, 0.3) is 0 Å². The molecule has 1 spiro atoms. The van der Waals surface area contributed by atoms with E-state index in [1.807, 2.05) is 72.8 Å². The molecular weight excluding hydrogens is 769 g/mol. The fourth-order valence-electron chi connectivity index (χ4n) is 11.0. The van der Waals surface area contributed by atoms with E-state index in [9.17, 15) is 0 Å². The molecule has 3 aromatic heterocycles. The predicted molar refractivity (Wildman–Crippen MR) is 254 cm³/mol. The molecule has 0 saturated heterocycles. The summed E-state index contributed by atoms with van der Waals surface area (Å²) in [7, 11) is 0. The van der Waals surface area contributed by atoms with Crippen LogP contribution in [0.1, 0.15) is 22.3 Å². The number of para-hydroxylation sites is 1. The molecule has 2 aliphatic carbocycles. The van der Waals surface area contributed by atoms with Crippen LogP contribution in [0.2, 0.25) is 0 Å². The third kappa shape index (κ3) is 4.63. The van der Waals surface area contributed by atoms with Gasteiger partial charge in [-0.05, 0) is 80.9 Å². The van der Waals surface area contributed by atoms with Gasteiger partial charge < -0.3 is 8.98 Å². The van der Waals surface area contributed by atoms with Crippen molar-refractivity contribution in [1.82, 2.24) is 19.5 Å². The first-order chi connectivity index (χ1) is 31.3. The van der Waals surface area contributed by atoms with Gasteiger partial charge in [-0.15, -0.1) is 0 Å². The lowest BCUT2D eigenvalue weighted by Gasteiger charge is -2.30. The van der Waals surface area contributed by atoms with Crippen LogP contribution in [0.5, 0.6) is 0 Å². The van der Waals surface area contributed by atoms with Gasteiger partial charge in [0.15, 0.2) is 17.5 Å². The van der Waals surface area contributed by atoms with Crippen molar-refractivity contribution in [2.24, 2.45) is 0 Å². The molecular formula is C58H34N4O. The van der Waals surface area contributed by atoms with Gasteiger partial charge >= 0.3 is 0 Å². The average Bonchev–Trinajstić information content (AvgIpc) is 4.08. The van der Waals surface area contributed by atoms with Gasteiger partial charge in [0, 0.05) is 43.9 Å². The molecule has 63 heavy (non-hydrogen) atoms. The summed E-state index contributed by atoms with van der Waals surface area (Å²) in [6.45, 7) is 0. The van der Waals surface area contributed by atoms with Gasteiger partial charge in [-0.3, -0.25) is 0 Å². The molecule has 0 fully saturated rings. The summed E-state index contributed by atoms with van der Waals surface area (Å²) in [5.74, 6) is 1.84. The molecule has 0 unspecified atom stereocenters. The number of aromatic nitrogens is 4. The molecule has 0 radical (unpaired) electrons. The van der Waals surface area contributed by atoms with E-state index >= 15 is 0 Å². The van der Waals surface area contributed by atoms with E-state index in [1.54, 1.807) is 0 Å². The van der Waals surface area contributed by atoms with Gasteiger partial charge in [-0.25, -0.2) is 15.0 Å². The van der Waals surface area contributed by atoms with Crippen LogP contribution in [0.4, 0.5) is 0 Å². The van der Waals surface area contributed by atoms with Crippen LogP contribution in [-0.4, -0.2) is 19.5 Å². The van der Waals surface area contributed by atoms with Crippen molar-refractivity contribution in [3.05, 3.63) is 229 Å². The van der Waals surface area contributed by atoms with Gasteiger partial charge in [-0.2, -0.15) is 0 Å². The summed E-state index contributed by atoms with van der Waals surface area (Å²) in [6, 6.07) is 73.7. The highest BCUT2D eigenvalue weighted by atomic mass is 16.3. The second-order valence-corrected chi connectivity index (χ2v) is 16.6. The first kappa shape index (κ1) is 34.3. The van der Waals surface area contributed by atoms with E-state index < -0.39 is 5.41 Å². The first-order valence-electron chi connectivity index (χ1n) is 21.4. The summed E-state index contributed by atoms with van der Waals surface area (Å²) in [6.07, 6.45) is 0. The Hall–Kier alpha value is -8.41. The lowest BCUT2D eigenvalue weighted by atomic mass is 9.70. The number of rotatable bonds is 4. The number of fused-ring (bicyclic) bond motifs is 17. The minimum Gasteiger partial charge on any atom is -0.456 e. The zero-order valence-electron chi connectivity index (χ0n) is 33.8. The lowest BCUT2D eigenvalue weighted by molar-refractivity contribution is 0.669. The molecule has 2 aliphatic rings. The van der Waals surface area contributed by atoms with Crippen molar-refractivity contribution in [1.29, 1.82) is 0 Å². The highest BCUT2D eigenvalue weighted by molar-refractivity contribution is 6.19. The van der Waals surface area contributed by atoms with Crippen LogP contribution < -0.4 is 0 Å². The number of benzene rings is 9. The Bertz CT molecular complexity index is 3760. The second-order valence-electron chi connectivity index (χ2n) is 16.6. The Labute approximate surface area is 362 Å². The van der Waals surface area contributed by atoms with Crippen molar-refractivity contribution in [3.63, 3.8) is 0 Å². The minimum atomic E-state index is -0.419. The van der Waals surface area contributed by atoms with Crippen LogP contribution in [0.3, 0.4) is 0 Å². The number of hydrogen-bond acceptors (Lipinski definition) is 4. The molecule has 0 atom stereocenters. The third-order valence-electron chi connectivity index (χ3n) is 13.5. The maximum atomic E-state index is 6.62. The fraction of sp³-hybridized carbons (Fsp3) is 0.0172. The molecule has 0 saturated carbocycles. The topological polar surface area (TPSA) is 56.7 Å². The van der Waals surface area contributed by atoms with Crippen LogP contribution in [-0.2, 0) is 5.41 Å². The van der Waals surface area contributed by atoms with Crippen LogP contribution >= 0.6 is 0 Å². The van der Waals surface area contributed by atoms with Gasteiger partial charge in [0.05, 0.1) is 16.4 Å². The van der Waals surface area contributed by atoms with Crippen molar-refractivity contribution in [2.75, 3.05) is 0 Å². The molecule has 0 bridgehead atoms. The molecule has 3 heterocycles. The molecule has 0 amide bonds. The third-order valence-corrected chi connectivity index (χ3v) is 13.5. The van der Waals surface area contributed by atoms with E-state index in [-0.39, 0.29) is 0 Å². The van der Waals surface area contributed by atoms with Crippen molar-refractivity contribution >= 4 is 43.7 Å². The molecule has 12 aromatic rings. The highest BCUT2D eigenvalue weighted by Gasteiger charge is 2.52. The van der Waals surface area contributed by atoms with Crippen molar-refractivity contribution in [3.8, 4) is 62.1 Å². The average molecular weight is 803 g/mol. The summed E-state index contributed by atoms with van der Waals surface area (Å²) >= 11 is 0. The molecule has 5 nitrogen and oxygen atoms in total. The predicted octanol–water partition coefficient (Wildman–Crippen LogP) is 14.2. The van der Waals surface area contributed by atoms with E-state index in [1.165, 1.54) is 55.3 Å². The standard InChI is InChI=1S/C58H34N4O/c1-3-16-35(17-4-1)55-59-56(36-18-5-2-6-19-36)61-57(60-55)42-24-15-29-51-52(42)43-34-37(30-33-50(43)63-51)62-48-28-14-10-23-41(48)54-49(62)32-31-47-53(54)40-22-9-13-27-46(40)58(47)44-25-11-7-20-38(44)39-21-8-12-26-45(39)58/h1-34H. The Kier molecular flexibility index (Phi) is 6.97. The molecule has 14 rings (SSSR count). The Morgan fingerprint density at radius 2 is 0.937 bits per heavy atom. The second kappa shape index (κ2) is 12.8. The minimum absolute atomic E-state index is 0.419.